The minimum Gasteiger partial charge on any atom is -0.497 e. The molecule has 0 unspecified atom stereocenters. The highest BCUT2D eigenvalue weighted by Gasteiger charge is 2.31. The fourth-order valence-corrected chi connectivity index (χ4v) is 2.90. The lowest BCUT2D eigenvalue weighted by Crippen LogP contribution is -2.16. The van der Waals surface area contributed by atoms with E-state index in [0.29, 0.717) is 33.9 Å². The number of ether oxygens (including phenoxy) is 3. The molecule has 1 aromatic heterocycles. The lowest BCUT2D eigenvalue weighted by Gasteiger charge is -2.14. The van der Waals surface area contributed by atoms with Crippen LogP contribution in [0.4, 0.5) is 19.0 Å². The Morgan fingerprint density at radius 3 is 2.17 bits per heavy atom. The normalized spacial score (nSPS) is 10.9. The van der Waals surface area contributed by atoms with Gasteiger partial charge in [0.05, 0.1) is 19.9 Å². The predicted molar refractivity (Wildman–Crippen MR) is 104 cm³/mol. The molecule has 0 bridgehead atoms. The van der Waals surface area contributed by atoms with E-state index in [9.17, 15) is 18.4 Å². The molecule has 3 aromatic rings. The number of nitrogen functional groups attached to an aromatic ring is 1. The number of pyridine rings is 1. The largest absolute Gasteiger partial charge is 0.573 e. The van der Waals surface area contributed by atoms with Crippen molar-refractivity contribution in [1.29, 1.82) is 5.26 Å². The molecular formula is C21H16F3N3O3. The third-order valence-electron chi connectivity index (χ3n) is 4.24. The first kappa shape index (κ1) is 20.8. The predicted octanol–water partition coefficient (Wildman–Crippen LogP) is 4.79. The molecule has 154 valence electrons. The molecular weight excluding hydrogens is 399 g/mol. The summed E-state index contributed by atoms with van der Waals surface area (Å²) in [6.07, 6.45) is -4.80. The van der Waals surface area contributed by atoms with Gasteiger partial charge in [0.2, 0.25) is 0 Å². The molecule has 0 aliphatic carbocycles. The van der Waals surface area contributed by atoms with Crippen LogP contribution >= 0.6 is 0 Å². The van der Waals surface area contributed by atoms with E-state index >= 15 is 0 Å². The molecule has 3 rings (SSSR count). The summed E-state index contributed by atoms with van der Waals surface area (Å²) in [7, 11) is 3.01. The Morgan fingerprint density at radius 2 is 1.60 bits per heavy atom. The molecule has 1 heterocycles. The maximum Gasteiger partial charge on any atom is 0.573 e. The summed E-state index contributed by atoms with van der Waals surface area (Å²) >= 11 is 0. The Morgan fingerprint density at radius 1 is 0.933 bits per heavy atom. The van der Waals surface area contributed by atoms with E-state index in [2.05, 4.69) is 9.72 Å². The molecule has 6 nitrogen and oxygen atoms in total. The molecule has 2 aromatic carbocycles. The lowest BCUT2D eigenvalue weighted by molar-refractivity contribution is -0.274. The van der Waals surface area contributed by atoms with Crippen molar-refractivity contribution in [2.24, 2.45) is 0 Å². The average molecular weight is 415 g/mol. The Balaban J connectivity index is 2.13. The summed E-state index contributed by atoms with van der Waals surface area (Å²) < 4.78 is 51.7. The zero-order valence-corrected chi connectivity index (χ0v) is 15.9. The Labute approximate surface area is 170 Å². The summed E-state index contributed by atoms with van der Waals surface area (Å²) in [6.45, 7) is 0. The van der Waals surface area contributed by atoms with Gasteiger partial charge in [0.25, 0.3) is 0 Å². The molecule has 0 fully saturated rings. The zero-order chi connectivity index (χ0) is 21.9. The van der Waals surface area contributed by atoms with Crippen molar-refractivity contribution in [3.8, 4) is 45.7 Å². The minimum absolute atomic E-state index is 0.0227. The van der Waals surface area contributed by atoms with E-state index in [1.165, 1.54) is 26.4 Å². The second-order valence-electron chi connectivity index (χ2n) is 6.07. The van der Waals surface area contributed by atoms with E-state index in [-0.39, 0.29) is 17.1 Å². The average Bonchev–Trinajstić information content (AvgIpc) is 2.72. The molecule has 0 aliphatic heterocycles. The van der Waals surface area contributed by atoms with Crippen molar-refractivity contribution >= 4 is 5.82 Å². The number of methoxy groups -OCH3 is 2. The molecule has 30 heavy (non-hydrogen) atoms. The van der Waals surface area contributed by atoms with Crippen LogP contribution in [0.2, 0.25) is 0 Å². The van der Waals surface area contributed by atoms with Crippen molar-refractivity contribution < 1.29 is 27.4 Å². The number of rotatable bonds is 5. The van der Waals surface area contributed by atoms with Gasteiger partial charge in [0.15, 0.2) is 0 Å². The first-order valence-electron chi connectivity index (χ1n) is 8.55. The number of nitrogens with two attached hydrogens (primary N) is 1. The quantitative estimate of drug-likeness (QED) is 0.645. The van der Waals surface area contributed by atoms with E-state index in [4.69, 9.17) is 15.2 Å². The van der Waals surface area contributed by atoms with Gasteiger partial charge in [-0.05, 0) is 42.0 Å². The summed E-state index contributed by atoms with van der Waals surface area (Å²) in [5.41, 5.74) is 7.97. The summed E-state index contributed by atoms with van der Waals surface area (Å²) in [4.78, 5) is 4.30. The number of benzene rings is 2. The topological polar surface area (TPSA) is 90.4 Å². The first-order chi connectivity index (χ1) is 14.3. The Kier molecular flexibility index (Phi) is 5.69. The van der Waals surface area contributed by atoms with Gasteiger partial charge in [-0.15, -0.1) is 13.2 Å². The van der Waals surface area contributed by atoms with E-state index in [1.54, 1.807) is 24.3 Å². The van der Waals surface area contributed by atoms with Gasteiger partial charge < -0.3 is 19.9 Å². The second-order valence-corrected chi connectivity index (χ2v) is 6.07. The van der Waals surface area contributed by atoms with Crippen molar-refractivity contribution in [3.05, 3.63) is 54.1 Å². The van der Waals surface area contributed by atoms with Crippen molar-refractivity contribution in [1.82, 2.24) is 4.98 Å². The van der Waals surface area contributed by atoms with Gasteiger partial charge in [-0.2, -0.15) is 5.26 Å². The Hall–Kier alpha value is -3.93. The van der Waals surface area contributed by atoms with Crippen LogP contribution in [-0.2, 0) is 0 Å². The smallest absolute Gasteiger partial charge is 0.497 e. The highest BCUT2D eigenvalue weighted by atomic mass is 19.4. The molecule has 0 atom stereocenters. The van der Waals surface area contributed by atoms with Crippen LogP contribution < -0.4 is 19.9 Å². The molecule has 0 spiro atoms. The third kappa shape index (κ3) is 4.38. The van der Waals surface area contributed by atoms with Gasteiger partial charge in [0.1, 0.15) is 34.7 Å². The van der Waals surface area contributed by atoms with Crippen LogP contribution in [0.15, 0.2) is 48.5 Å². The number of anilines is 1. The van der Waals surface area contributed by atoms with Crippen LogP contribution in [0.1, 0.15) is 5.56 Å². The number of halogens is 3. The number of nitriles is 1. The number of nitrogens with zero attached hydrogens (tertiary/aromatic N) is 2. The van der Waals surface area contributed by atoms with Crippen molar-refractivity contribution in [2.75, 3.05) is 20.0 Å². The second kappa shape index (κ2) is 8.21. The van der Waals surface area contributed by atoms with E-state index in [1.807, 2.05) is 6.07 Å². The van der Waals surface area contributed by atoms with Crippen LogP contribution in [0.3, 0.4) is 0 Å². The first-order valence-corrected chi connectivity index (χ1v) is 8.55. The van der Waals surface area contributed by atoms with Gasteiger partial charge in [-0.25, -0.2) is 4.98 Å². The van der Waals surface area contributed by atoms with Gasteiger partial charge in [0, 0.05) is 11.1 Å². The van der Waals surface area contributed by atoms with Gasteiger partial charge >= 0.3 is 6.36 Å². The standard InChI is InChI=1S/C21H16F3N3O3/c1-28-14-7-8-19(29-2)16(9-14)18-10-15(17(11-25)20(26)27-18)12-3-5-13(6-4-12)30-21(22,23)24/h3-10H,1-2H3,(H2,26,27). The molecule has 0 amide bonds. The summed E-state index contributed by atoms with van der Waals surface area (Å²) in [5.74, 6) is 0.671. The van der Waals surface area contributed by atoms with E-state index in [0.717, 1.165) is 12.1 Å². The minimum atomic E-state index is -4.80. The SMILES string of the molecule is COc1ccc(OC)c(-c2cc(-c3ccc(OC(F)(F)F)cc3)c(C#N)c(N)n2)c1. The number of hydrogen-bond acceptors (Lipinski definition) is 6. The summed E-state index contributed by atoms with van der Waals surface area (Å²) in [6, 6.07) is 13.9. The van der Waals surface area contributed by atoms with Gasteiger partial charge in [-0.3, -0.25) is 0 Å². The molecule has 0 aliphatic rings. The zero-order valence-electron chi connectivity index (χ0n) is 15.9. The molecule has 2 N–H and O–H groups in total. The Bertz CT molecular complexity index is 1110. The van der Waals surface area contributed by atoms with Crippen molar-refractivity contribution in [2.45, 2.75) is 6.36 Å². The van der Waals surface area contributed by atoms with Crippen LogP contribution in [0.25, 0.3) is 22.4 Å². The maximum absolute atomic E-state index is 12.4. The molecule has 9 heteroatoms. The number of aromatic nitrogens is 1. The summed E-state index contributed by atoms with van der Waals surface area (Å²) in [5, 5.41) is 9.52. The fraction of sp³-hybridized carbons (Fsp3) is 0.143. The third-order valence-corrected chi connectivity index (χ3v) is 4.24. The molecule has 0 saturated heterocycles. The number of alkyl halides is 3. The molecule has 0 radical (unpaired) electrons. The monoisotopic (exact) mass is 415 g/mol. The van der Waals surface area contributed by atoms with Crippen LogP contribution in [-0.4, -0.2) is 25.6 Å². The number of hydrogen-bond donors (Lipinski definition) is 1. The van der Waals surface area contributed by atoms with Crippen molar-refractivity contribution in [3.63, 3.8) is 0 Å². The maximum atomic E-state index is 12.4. The highest BCUT2D eigenvalue weighted by Crippen LogP contribution is 2.37. The van der Waals surface area contributed by atoms with E-state index < -0.39 is 6.36 Å². The fourth-order valence-electron chi connectivity index (χ4n) is 2.90. The molecule has 0 saturated carbocycles. The van der Waals surface area contributed by atoms with Gasteiger partial charge in [-0.1, -0.05) is 12.1 Å². The van der Waals surface area contributed by atoms with Crippen LogP contribution in [0.5, 0.6) is 17.2 Å². The lowest BCUT2D eigenvalue weighted by atomic mass is 9.98. The highest BCUT2D eigenvalue weighted by molar-refractivity contribution is 5.82. The van der Waals surface area contributed by atoms with Crippen LogP contribution in [0, 0.1) is 11.3 Å².